The molecule has 9 heteroatoms. The van der Waals surface area contributed by atoms with Crippen molar-refractivity contribution in [1.29, 1.82) is 0 Å². The highest BCUT2D eigenvalue weighted by Crippen LogP contribution is 2.16. The summed E-state index contributed by atoms with van der Waals surface area (Å²) < 4.78 is 6.53. The lowest BCUT2D eigenvalue weighted by Crippen LogP contribution is -2.27. The van der Waals surface area contributed by atoms with Crippen molar-refractivity contribution in [2.24, 2.45) is 0 Å². The van der Waals surface area contributed by atoms with Gasteiger partial charge in [-0.1, -0.05) is 0 Å². The Morgan fingerprint density at radius 3 is 2.75 bits per heavy atom. The zero-order valence-electron chi connectivity index (χ0n) is 12.5. The van der Waals surface area contributed by atoms with Crippen molar-refractivity contribution >= 4 is 11.8 Å². The molecule has 0 saturated heterocycles. The standard InChI is InChI=1S/C15H13N5O4/c21-15(13-1-2-14(24-13)20(22)23)17-8-10-19-9-5-12(18-19)11-3-6-16-7-4-11/h1-7,9H,8,10H2,(H,17,21). The van der Waals surface area contributed by atoms with Crippen LogP contribution in [-0.2, 0) is 6.54 Å². The molecule has 0 fully saturated rings. The monoisotopic (exact) mass is 327 g/mol. The Balaban J connectivity index is 1.54. The fraction of sp³-hybridized carbons (Fsp3) is 0.133. The van der Waals surface area contributed by atoms with Crippen LogP contribution in [0.3, 0.4) is 0 Å². The zero-order chi connectivity index (χ0) is 16.9. The smallest absolute Gasteiger partial charge is 0.395 e. The minimum atomic E-state index is -0.693. The van der Waals surface area contributed by atoms with E-state index in [1.165, 1.54) is 6.07 Å². The predicted octanol–water partition coefficient (Wildman–Crippen LogP) is 1.88. The zero-order valence-corrected chi connectivity index (χ0v) is 12.5. The highest BCUT2D eigenvalue weighted by molar-refractivity contribution is 5.91. The van der Waals surface area contributed by atoms with Gasteiger partial charge >= 0.3 is 5.88 Å². The van der Waals surface area contributed by atoms with Gasteiger partial charge in [0.15, 0.2) is 5.76 Å². The number of nitrogens with one attached hydrogen (secondary N) is 1. The Morgan fingerprint density at radius 1 is 1.25 bits per heavy atom. The van der Waals surface area contributed by atoms with Crippen LogP contribution in [0.4, 0.5) is 5.88 Å². The topological polar surface area (TPSA) is 116 Å². The number of amides is 1. The Bertz CT molecular complexity index is 856. The van der Waals surface area contributed by atoms with Gasteiger partial charge < -0.3 is 9.73 Å². The average Bonchev–Trinajstić information content (AvgIpc) is 3.25. The molecule has 122 valence electrons. The van der Waals surface area contributed by atoms with E-state index in [-0.39, 0.29) is 5.76 Å². The number of hydrogen-bond donors (Lipinski definition) is 1. The lowest BCUT2D eigenvalue weighted by atomic mass is 10.2. The minimum Gasteiger partial charge on any atom is -0.395 e. The molecule has 0 radical (unpaired) electrons. The molecular formula is C15H13N5O4. The predicted molar refractivity (Wildman–Crippen MR) is 83.2 cm³/mol. The summed E-state index contributed by atoms with van der Waals surface area (Å²) in [6.45, 7) is 0.768. The quantitative estimate of drug-likeness (QED) is 0.546. The lowest BCUT2D eigenvalue weighted by Gasteiger charge is -2.03. The van der Waals surface area contributed by atoms with Crippen LogP contribution in [0.1, 0.15) is 10.6 Å². The van der Waals surface area contributed by atoms with Gasteiger partial charge in [-0.25, -0.2) is 0 Å². The lowest BCUT2D eigenvalue weighted by molar-refractivity contribution is -0.402. The van der Waals surface area contributed by atoms with Gasteiger partial charge in [-0.2, -0.15) is 5.10 Å². The largest absolute Gasteiger partial charge is 0.433 e. The van der Waals surface area contributed by atoms with Gasteiger partial charge in [-0.15, -0.1) is 0 Å². The summed E-state index contributed by atoms with van der Waals surface area (Å²) >= 11 is 0. The van der Waals surface area contributed by atoms with E-state index >= 15 is 0 Å². The summed E-state index contributed by atoms with van der Waals surface area (Å²) in [4.78, 5) is 25.6. The van der Waals surface area contributed by atoms with Crippen molar-refractivity contribution in [1.82, 2.24) is 20.1 Å². The third-order valence-electron chi connectivity index (χ3n) is 3.24. The van der Waals surface area contributed by atoms with Crippen LogP contribution in [0.2, 0.25) is 0 Å². The van der Waals surface area contributed by atoms with Crippen molar-refractivity contribution in [2.45, 2.75) is 6.54 Å². The van der Waals surface area contributed by atoms with Crippen LogP contribution in [0.25, 0.3) is 11.3 Å². The maximum absolute atomic E-state index is 11.8. The molecule has 0 aliphatic heterocycles. The number of aromatic nitrogens is 3. The van der Waals surface area contributed by atoms with Crippen LogP contribution >= 0.6 is 0 Å². The van der Waals surface area contributed by atoms with E-state index in [9.17, 15) is 14.9 Å². The summed E-state index contributed by atoms with van der Waals surface area (Å²) in [5.74, 6) is -1.07. The molecular weight excluding hydrogens is 314 g/mol. The third-order valence-corrected chi connectivity index (χ3v) is 3.24. The molecule has 0 aliphatic rings. The molecule has 24 heavy (non-hydrogen) atoms. The van der Waals surface area contributed by atoms with Gasteiger partial charge in [0.2, 0.25) is 0 Å². The van der Waals surface area contributed by atoms with E-state index < -0.39 is 16.7 Å². The highest BCUT2D eigenvalue weighted by atomic mass is 16.6. The van der Waals surface area contributed by atoms with Gasteiger partial charge in [0.1, 0.15) is 4.92 Å². The molecule has 3 heterocycles. The molecule has 0 aliphatic carbocycles. The first-order chi connectivity index (χ1) is 11.6. The number of rotatable bonds is 6. The van der Waals surface area contributed by atoms with Gasteiger partial charge in [0.05, 0.1) is 18.3 Å². The molecule has 9 nitrogen and oxygen atoms in total. The summed E-state index contributed by atoms with van der Waals surface area (Å²) in [5.41, 5.74) is 1.76. The van der Waals surface area contributed by atoms with E-state index in [1.54, 1.807) is 23.3 Å². The highest BCUT2D eigenvalue weighted by Gasteiger charge is 2.16. The van der Waals surface area contributed by atoms with Crippen molar-refractivity contribution < 1.29 is 14.1 Å². The number of carbonyl (C=O) groups is 1. The Kier molecular flexibility index (Phi) is 4.32. The van der Waals surface area contributed by atoms with Crippen LogP contribution in [0, 0.1) is 10.1 Å². The van der Waals surface area contributed by atoms with E-state index in [2.05, 4.69) is 15.4 Å². The Morgan fingerprint density at radius 2 is 2.04 bits per heavy atom. The fourth-order valence-corrected chi connectivity index (χ4v) is 2.08. The van der Waals surface area contributed by atoms with Crippen molar-refractivity contribution in [3.05, 3.63) is 64.8 Å². The molecule has 3 aromatic rings. The second-order valence-corrected chi connectivity index (χ2v) is 4.85. The second kappa shape index (κ2) is 6.73. The van der Waals surface area contributed by atoms with E-state index in [1.807, 2.05) is 18.2 Å². The summed E-state index contributed by atoms with van der Waals surface area (Å²) in [6.07, 6.45) is 5.19. The molecule has 0 spiro atoms. The summed E-state index contributed by atoms with van der Waals surface area (Å²) in [7, 11) is 0. The Hall–Kier alpha value is -3.49. The van der Waals surface area contributed by atoms with Gasteiger partial charge in [0, 0.05) is 30.7 Å². The van der Waals surface area contributed by atoms with Crippen molar-refractivity contribution in [2.75, 3.05) is 6.54 Å². The average molecular weight is 327 g/mol. The molecule has 0 bridgehead atoms. The number of carbonyl (C=O) groups excluding carboxylic acids is 1. The summed E-state index contributed by atoms with van der Waals surface area (Å²) in [6, 6.07) is 8.00. The van der Waals surface area contributed by atoms with E-state index in [4.69, 9.17) is 4.42 Å². The van der Waals surface area contributed by atoms with Gasteiger partial charge in [0.25, 0.3) is 5.91 Å². The number of pyridine rings is 1. The first kappa shape index (κ1) is 15.4. The third kappa shape index (κ3) is 3.46. The van der Waals surface area contributed by atoms with Crippen LogP contribution < -0.4 is 5.32 Å². The molecule has 3 rings (SSSR count). The molecule has 0 aromatic carbocycles. The SMILES string of the molecule is O=C(NCCn1ccc(-c2ccncc2)n1)c1ccc([N+](=O)[O-])o1. The van der Waals surface area contributed by atoms with Crippen LogP contribution in [0.15, 0.2) is 53.3 Å². The number of hydrogen-bond acceptors (Lipinski definition) is 6. The molecule has 0 unspecified atom stereocenters. The number of nitrogens with zero attached hydrogens (tertiary/aromatic N) is 4. The summed E-state index contributed by atoms with van der Waals surface area (Å²) in [5, 5.41) is 17.5. The first-order valence-electron chi connectivity index (χ1n) is 7.10. The fourth-order valence-electron chi connectivity index (χ4n) is 2.08. The first-order valence-corrected chi connectivity index (χ1v) is 7.10. The molecule has 1 amide bonds. The molecule has 0 saturated carbocycles. The second-order valence-electron chi connectivity index (χ2n) is 4.85. The maximum Gasteiger partial charge on any atom is 0.433 e. The van der Waals surface area contributed by atoms with Gasteiger partial charge in [-0.3, -0.25) is 24.6 Å². The van der Waals surface area contributed by atoms with E-state index in [0.29, 0.717) is 13.1 Å². The minimum absolute atomic E-state index is 0.0976. The normalized spacial score (nSPS) is 10.5. The molecule has 0 atom stereocenters. The maximum atomic E-state index is 11.8. The number of nitro groups is 1. The van der Waals surface area contributed by atoms with Crippen LogP contribution in [-0.4, -0.2) is 32.1 Å². The van der Waals surface area contributed by atoms with Crippen LogP contribution in [0.5, 0.6) is 0 Å². The van der Waals surface area contributed by atoms with Crippen molar-refractivity contribution in [3.63, 3.8) is 0 Å². The van der Waals surface area contributed by atoms with Crippen molar-refractivity contribution in [3.8, 4) is 11.3 Å². The number of furan rings is 1. The Labute approximate surface area is 136 Å². The molecule has 3 aromatic heterocycles. The molecule has 1 N–H and O–H groups in total. The van der Waals surface area contributed by atoms with Gasteiger partial charge in [-0.05, 0) is 24.3 Å². The van der Waals surface area contributed by atoms with E-state index in [0.717, 1.165) is 17.3 Å².